The van der Waals surface area contributed by atoms with Gasteiger partial charge in [0, 0.05) is 23.9 Å². The number of benzene rings is 1. The molecule has 0 saturated carbocycles. The first-order valence-electron chi connectivity index (χ1n) is 6.21. The molecule has 0 atom stereocenters. The van der Waals surface area contributed by atoms with Gasteiger partial charge in [-0.3, -0.25) is 9.59 Å². The minimum atomic E-state index is -0.373. The molecule has 3 N–H and O–H groups in total. The van der Waals surface area contributed by atoms with Crippen LogP contribution in [0.3, 0.4) is 0 Å². The summed E-state index contributed by atoms with van der Waals surface area (Å²) >= 11 is 1.34. The molecular weight excluding hydrogens is 280 g/mol. The van der Waals surface area contributed by atoms with E-state index in [-0.39, 0.29) is 17.6 Å². The van der Waals surface area contributed by atoms with Crippen LogP contribution in [0.2, 0.25) is 0 Å². The Morgan fingerprint density at radius 2 is 2.00 bits per heavy atom. The fraction of sp³-hybridized carbons (Fsp3) is 0.385. The second-order valence-corrected chi connectivity index (χ2v) is 5.28. The summed E-state index contributed by atoms with van der Waals surface area (Å²) in [5.41, 5.74) is 5.68. The van der Waals surface area contributed by atoms with Crippen molar-refractivity contribution in [1.29, 1.82) is 0 Å². The lowest BCUT2D eigenvalue weighted by Gasteiger charge is -2.19. The normalized spacial score (nSPS) is 12.8. The van der Waals surface area contributed by atoms with Crippen molar-refractivity contribution in [3.63, 3.8) is 0 Å². The van der Waals surface area contributed by atoms with E-state index in [1.54, 1.807) is 18.2 Å². The first kappa shape index (κ1) is 14.5. The van der Waals surface area contributed by atoms with Crippen molar-refractivity contribution in [1.82, 2.24) is 0 Å². The average Bonchev–Trinajstić information content (AvgIpc) is 2.43. The number of hydrogen-bond donors (Lipinski definition) is 2. The minimum absolute atomic E-state index is 0.112. The smallest absolute Gasteiger partial charge is 0.227 e. The standard InChI is InChI=1S/C13H16N2O4S/c14-12(16)8-20-6-3-13(17)15-9-1-2-10-11(7-9)19-5-4-18-10/h1-2,7H,3-6,8H2,(H2,14,16)(H,15,17). The molecule has 1 aliphatic rings. The molecule has 0 aromatic heterocycles. The van der Waals surface area contributed by atoms with E-state index in [1.807, 2.05) is 0 Å². The summed E-state index contributed by atoms with van der Waals surface area (Å²) in [6, 6.07) is 5.27. The van der Waals surface area contributed by atoms with Gasteiger partial charge in [-0.15, -0.1) is 0 Å². The van der Waals surface area contributed by atoms with E-state index in [9.17, 15) is 9.59 Å². The van der Waals surface area contributed by atoms with E-state index in [0.717, 1.165) is 0 Å². The third-order valence-corrected chi connectivity index (χ3v) is 3.53. The summed E-state index contributed by atoms with van der Waals surface area (Å²) in [6.07, 6.45) is 0.326. The van der Waals surface area contributed by atoms with E-state index in [2.05, 4.69) is 5.32 Å². The van der Waals surface area contributed by atoms with E-state index >= 15 is 0 Å². The van der Waals surface area contributed by atoms with Gasteiger partial charge < -0.3 is 20.5 Å². The molecule has 1 heterocycles. The molecule has 0 fully saturated rings. The van der Waals surface area contributed by atoms with Gasteiger partial charge in [0.2, 0.25) is 11.8 Å². The fourth-order valence-electron chi connectivity index (χ4n) is 1.68. The Kier molecular flexibility index (Phi) is 5.11. The van der Waals surface area contributed by atoms with Gasteiger partial charge in [-0.1, -0.05) is 0 Å². The molecule has 1 aromatic rings. The quantitative estimate of drug-likeness (QED) is 0.764. The van der Waals surface area contributed by atoms with Crippen LogP contribution in [-0.2, 0) is 9.59 Å². The molecule has 1 aromatic carbocycles. The highest BCUT2D eigenvalue weighted by Gasteiger charge is 2.12. The third kappa shape index (κ3) is 4.34. The Morgan fingerprint density at radius 3 is 2.75 bits per heavy atom. The zero-order valence-electron chi connectivity index (χ0n) is 10.9. The van der Waals surface area contributed by atoms with Crippen molar-refractivity contribution in [2.75, 3.05) is 30.0 Å². The second kappa shape index (κ2) is 7.04. The number of rotatable bonds is 6. The summed E-state index contributed by atoms with van der Waals surface area (Å²) in [4.78, 5) is 22.3. The highest BCUT2D eigenvalue weighted by molar-refractivity contribution is 7.99. The predicted octanol–water partition coefficient (Wildman–Crippen LogP) is 1.00. The van der Waals surface area contributed by atoms with Gasteiger partial charge in [0.15, 0.2) is 11.5 Å². The highest BCUT2D eigenvalue weighted by atomic mass is 32.2. The van der Waals surface area contributed by atoms with Crippen molar-refractivity contribution < 1.29 is 19.1 Å². The van der Waals surface area contributed by atoms with E-state index in [4.69, 9.17) is 15.2 Å². The molecule has 2 rings (SSSR count). The van der Waals surface area contributed by atoms with Crippen molar-refractivity contribution in [2.45, 2.75) is 6.42 Å². The highest BCUT2D eigenvalue weighted by Crippen LogP contribution is 2.32. The lowest BCUT2D eigenvalue weighted by molar-refractivity contribution is -0.116. The van der Waals surface area contributed by atoms with Crippen LogP contribution in [0.25, 0.3) is 0 Å². The fourth-order valence-corrected chi connectivity index (χ4v) is 2.36. The number of thioether (sulfide) groups is 1. The monoisotopic (exact) mass is 296 g/mol. The molecule has 20 heavy (non-hydrogen) atoms. The van der Waals surface area contributed by atoms with E-state index in [0.29, 0.717) is 42.6 Å². The van der Waals surface area contributed by atoms with Crippen LogP contribution in [-0.4, -0.2) is 36.5 Å². The molecule has 0 bridgehead atoms. The largest absolute Gasteiger partial charge is 0.486 e. The molecule has 1 aliphatic heterocycles. The lowest BCUT2D eigenvalue weighted by atomic mass is 10.2. The van der Waals surface area contributed by atoms with Crippen molar-refractivity contribution in [3.8, 4) is 11.5 Å². The molecule has 0 spiro atoms. The summed E-state index contributed by atoms with van der Waals surface area (Å²) in [6.45, 7) is 1.05. The Balaban J connectivity index is 1.80. The van der Waals surface area contributed by atoms with Crippen LogP contribution in [0.4, 0.5) is 5.69 Å². The van der Waals surface area contributed by atoms with Crippen LogP contribution in [0.5, 0.6) is 11.5 Å². The topological polar surface area (TPSA) is 90.7 Å². The molecule has 0 saturated heterocycles. The predicted molar refractivity (Wildman–Crippen MR) is 77.2 cm³/mol. The van der Waals surface area contributed by atoms with Crippen molar-refractivity contribution >= 4 is 29.3 Å². The number of primary amides is 1. The molecule has 7 heteroatoms. The van der Waals surface area contributed by atoms with Gasteiger partial charge in [0.05, 0.1) is 5.75 Å². The average molecular weight is 296 g/mol. The molecule has 6 nitrogen and oxygen atoms in total. The van der Waals surface area contributed by atoms with Crippen LogP contribution >= 0.6 is 11.8 Å². The summed E-state index contributed by atoms with van der Waals surface area (Å²) in [7, 11) is 0. The zero-order valence-corrected chi connectivity index (χ0v) is 11.7. The molecule has 0 radical (unpaired) electrons. The molecule has 0 aliphatic carbocycles. The minimum Gasteiger partial charge on any atom is -0.486 e. The van der Waals surface area contributed by atoms with E-state index in [1.165, 1.54) is 11.8 Å². The lowest BCUT2D eigenvalue weighted by Crippen LogP contribution is -2.17. The number of fused-ring (bicyclic) bond motifs is 1. The Bertz CT molecular complexity index is 507. The second-order valence-electron chi connectivity index (χ2n) is 4.18. The van der Waals surface area contributed by atoms with Gasteiger partial charge in [-0.2, -0.15) is 11.8 Å². The number of ether oxygens (including phenoxy) is 2. The van der Waals surface area contributed by atoms with Crippen LogP contribution in [0, 0.1) is 0 Å². The molecule has 0 unspecified atom stereocenters. The first-order chi connectivity index (χ1) is 9.65. The van der Waals surface area contributed by atoms with Gasteiger partial charge in [0.1, 0.15) is 13.2 Å². The molecular formula is C13H16N2O4S. The van der Waals surface area contributed by atoms with Gasteiger partial charge in [-0.05, 0) is 12.1 Å². The molecule has 2 amide bonds. The van der Waals surface area contributed by atoms with Gasteiger partial charge in [-0.25, -0.2) is 0 Å². The Hall–Kier alpha value is -1.89. The number of anilines is 1. The van der Waals surface area contributed by atoms with Crippen LogP contribution < -0.4 is 20.5 Å². The maximum Gasteiger partial charge on any atom is 0.227 e. The molecule has 108 valence electrons. The Labute approximate surface area is 121 Å². The van der Waals surface area contributed by atoms with E-state index < -0.39 is 0 Å². The third-order valence-electron chi connectivity index (χ3n) is 2.54. The Morgan fingerprint density at radius 1 is 1.25 bits per heavy atom. The number of hydrogen-bond acceptors (Lipinski definition) is 5. The number of nitrogens with one attached hydrogen (secondary N) is 1. The van der Waals surface area contributed by atoms with Crippen LogP contribution in [0.15, 0.2) is 18.2 Å². The number of amides is 2. The zero-order chi connectivity index (χ0) is 14.4. The maximum absolute atomic E-state index is 11.7. The van der Waals surface area contributed by atoms with Crippen LogP contribution in [0.1, 0.15) is 6.42 Å². The number of carbonyl (C=O) groups excluding carboxylic acids is 2. The van der Waals surface area contributed by atoms with Gasteiger partial charge in [0.25, 0.3) is 0 Å². The van der Waals surface area contributed by atoms with Gasteiger partial charge >= 0.3 is 0 Å². The first-order valence-corrected chi connectivity index (χ1v) is 7.36. The SMILES string of the molecule is NC(=O)CSCCC(=O)Nc1ccc2c(c1)OCCO2. The number of nitrogens with two attached hydrogens (primary N) is 1. The maximum atomic E-state index is 11.7. The summed E-state index contributed by atoms with van der Waals surface area (Å²) in [5, 5.41) is 2.78. The van der Waals surface area contributed by atoms with Crippen molar-refractivity contribution in [3.05, 3.63) is 18.2 Å². The summed E-state index contributed by atoms with van der Waals surface area (Å²) < 4.78 is 10.8. The summed E-state index contributed by atoms with van der Waals surface area (Å²) in [5.74, 6) is 1.63. The van der Waals surface area contributed by atoms with Crippen molar-refractivity contribution in [2.24, 2.45) is 5.73 Å². The number of carbonyl (C=O) groups is 2.